The number of halogens is 1. The molecule has 2 saturated heterocycles. The van der Waals surface area contributed by atoms with E-state index in [1.54, 1.807) is 0 Å². The Balaban J connectivity index is 1.47. The molecular formula is C20H31ClN4O. The Kier molecular flexibility index (Phi) is 6.43. The number of amides is 1. The first-order valence-corrected chi connectivity index (χ1v) is 10.1. The molecule has 2 fully saturated rings. The topological polar surface area (TPSA) is 30.0 Å². The zero-order chi connectivity index (χ0) is 18.7. The molecule has 2 aliphatic heterocycles. The molecule has 1 amide bonds. The summed E-state index contributed by atoms with van der Waals surface area (Å²) >= 11 is 6.16. The Labute approximate surface area is 162 Å². The zero-order valence-corrected chi connectivity index (χ0v) is 17.0. The van der Waals surface area contributed by atoms with Crippen molar-refractivity contribution in [3.8, 4) is 0 Å². The van der Waals surface area contributed by atoms with Crippen molar-refractivity contribution in [1.82, 2.24) is 14.7 Å². The quantitative estimate of drug-likeness (QED) is 0.804. The highest BCUT2D eigenvalue weighted by Gasteiger charge is 2.25. The normalized spacial score (nSPS) is 20.0. The Morgan fingerprint density at radius 2 is 1.69 bits per heavy atom. The van der Waals surface area contributed by atoms with Crippen molar-refractivity contribution >= 4 is 23.2 Å². The molecule has 0 N–H and O–H groups in total. The van der Waals surface area contributed by atoms with Crippen LogP contribution in [0.15, 0.2) is 18.2 Å². The summed E-state index contributed by atoms with van der Waals surface area (Å²) in [6.45, 7) is 14.5. The van der Waals surface area contributed by atoms with E-state index in [1.165, 1.54) is 11.3 Å². The van der Waals surface area contributed by atoms with Crippen LogP contribution in [0.4, 0.5) is 5.69 Å². The van der Waals surface area contributed by atoms with Crippen molar-refractivity contribution in [2.24, 2.45) is 0 Å². The van der Waals surface area contributed by atoms with Crippen LogP contribution in [0, 0.1) is 6.92 Å². The summed E-state index contributed by atoms with van der Waals surface area (Å²) in [5.74, 6) is 0.279. The molecular weight excluding hydrogens is 348 g/mol. The van der Waals surface area contributed by atoms with Gasteiger partial charge in [0.2, 0.25) is 5.91 Å². The van der Waals surface area contributed by atoms with Gasteiger partial charge in [-0.2, -0.15) is 0 Å². The van der Waals surface area contributed by atoms with Crippen molar-refractivity contribution in [2.45, 2.75) is 26.8 Å². The van der Waals surface area contributed by atoms with E-state index < -0.39 is 0 Å². The summed E-state index contributed by atoms with van der Waals surface area (Å²) in [6, 6.07) is 6.63. The number of carbonyl (C=O) groups is 1. The summed E-state index contributed by atoms with van der Waals surface area (Å²) in [5.41, 5.74) is 2.47. The molecule has 0 bridgehead atoms. The summed E-state index contributed by atoms with van der Waals surface area (Å²) < 4.78 is 0. The van der Waals surface area contributed by atoms with Crippen molar-refractivity contribution in [1.29, 1.82) is 0 Å². The molecule has 1 aromatic carbocycles. The fourth-order valence-corrected chi connectivity index (χ4v) is 4.02. The van der Waals surface area contributed by atoms with Gasteiger partial charge in [-0.05, 0) is 38.5 Å². The summed E-state index contributed by atoms with van der Waals surface area (Å²) in [5, 5.41) is 0.781. The standard InChI is InChI=1S/C20H31ClN4O/c1-16(2)23-10-12-25(13-11-23)20(26)15-22-6-8-24(9-7-22)19-14-18(21)5-4-17(19)3/h4-5,14,16H,6-13,15H2,1-3H3. The van der Waals surface area contributed by atoms with Crippen molar-refractivity contribution < 1.29 is 4.79 Å². The second-order valence-electron chi connectivity index (χ2n) is 7.70. The number of benzene rings is 1. The predicted molar refractivity (Wildman–Crippen MR) is 108 cm³/mol. The molecule has 0 atom stereocenters. The third-order valence-corrected chi connectivity index (χ3v) is 5.88. The van der Waals surface area contributed by atoms with Crippen LogP contribution in [0.2, 0.25) is 5.02 Å². The lowest BCUT2D eigenvalue weighted by Gasteiger charge is -2.39. The van der Waals surface area contributed by atoms with Crippen LogP contribution in [0.5, 0.6) is 0 Å². The monoisotopic (exact) mass is 378 g/mol. The molecule has 5 nitrogen and oxygen atoms in total. The first-order valence-electron chi connectivity index (χ1n) is 9.69. The maximum atomic E-state index is 12.6. The first kappa shape index (κ1) is 19.5. The molecule has 0 radical (unpaired) electrons. The number of anilines is 1. The minimum Gasteiger partial charge on any atom is -0.369 e. The van der Waals surface area contributed by atoms with Crippen LogP contribution < -0.4 is 4.90 Å². The molecule has 3 rings (SSSR count). The molecule has 0 aliphatic carbocycles. The first-order chi connectivity index (χ1) is 12.4. The van der Waals surface area contributed by atoms with E-state index in [9.17, 15) is 4.79 Å². The fourth-order valence-electron chi connectivity index (χ4n) is 3.85. The molecule has 26 heavy (non-hydrogen) atoms. The lowest BCUT2D eigenvalue weighted by Crippen LogP contribution is -2.54. The Morgan fingerprint density at radius 1 is 1.04 bits per heavy atom. The van der Waals surface area contributed by atoms with Gasteiger partial charge in [0.1, 0.15) is 0 Å². The predicted octanol–water partition coefficient (Wildman–Crippen LogP) is 2.32. The number of nitrogens with zero attached hydrogens (tertiary/aromatic N) is 4. The van der Waals surface area contributed by atoms with E-state index in [-0.39, 0.29) is 5.91 Å². The van der Waals surface area contributed by atoms with Crippen LogP contribution in [-0.4, -0.2) is 85.6 Å². The van der Waals surface area contributed by atoms with Crippen LogP contribution >= 0.6 is 11.6 Å². The van der Waals surface area contributed by atoms with E-state index in [0.717, 1.165) is 57.4 Å². The zero-order valence-electron chi connectivity index (χ0n) is 16.2. The maximum Gasteiger partial charge on any atom is 0.236 e. The molecule has 0 saturated carbocycles. The van der Waals surface area contributed by atoms with Crippen LogP contribution in [-0.2, 0) is 4.79 Å². The van der Waals surface area contributed by atoms with E-state index in [2.05, 4.69) is 41.5 Å². The van der Waals surface area contributed by atoms with Gasteiger partial charge in [0, 0.05) is 69.1 Å². The average Bonchev–Trinajstić information content (AvgIpc) is 2.64. The largest absolute Gasteiger partial charge is 0.369 e. The summed E-state index contributed by atoms with van der Waals surface area (Å²) in [4.78, 5) is 21.8. The van der Waals surface area contributed by atoms with Gasteiger partial charge in [0.05, 0.1) is 6.54 Å². The highest BCUT2D eigenvalue weighted by atomic mass is 35.5. The lowest BCUT2D eigenvalue weighted by molar-refractivity contribution is -0.134. The highest BCUT2D eigenvalue weighted by Crippen LogP contribution is 2.25. The lowest BCUT2D eigenvalue weighted by atomic mass is 10.1. The molecule has 144 valence electrons. The molecule has 0 spiro atoms. The van der Waals surface area contributed by atoms with E-state index >= 15 is 0 Å². The molecule has 2 heterocycles. The van der Waals surface area contributed by atoms with E-state index in [0.29, 0.717) is 12.6 Å². The molecule has 6 heteroatoms. The Bertz CT molecular complexity index is 620. The number of hydrogen-bond acceptors (Lipinski definition) is 4. The van der Waals surface area contributed by atoms with Crippen LogP contribution in [0.1, 0.15) is 19.4 Å². The van der Waals surface area contributed by atoms with Gasteiger partial charge in [0.25, 0.3) is 0 Å². The summed E-state index contributed by atoms with van der Waals surface area (Å²) in [7, 11) is 0. The minimum absolute atomic E-state index is 0.279. The molecule has 0 unspecified atom stereocenters. The third-order valence-electron chi connectivity index (χ3n) is 5.64. The van der Waals surface area contributed by atoms with Gasteiger partial charge in [-0.3, -0.25) is 14.6 Å². The van der Waals surface area contributed by atoms with Crippen molar-refractivity contribution in [2.75, 3.05) is 63.8 Å². The average molecular weight is 379 g/mol. The number of aryl methyl sites for hydroxylation is 1. The van der Waals surface area contributed by atoms with Gasteiger partial charge in [-0.25, -0.2) is 0 Å². The van der Waals surface area contributed by atoms with Crippen LogP contribution in [0.25, 0.3) is 0 Å². The second-order valence-corrected chi connectivity index (χ2v) is 8.14. The summed E-state index contributed by atoms with van der Waals surface area (Å²) in [6.07, 6.45) is 0. The number of carbonyl (C=O) groups excluding carboxylic acids is 1. The van der Waals surface area contributed by atoms with Gasteiger partial charge >= 0.3 is 0 Å². The SMILES string of the molecule is Cc1ccc(Cl)cc1N1CCN(CC(=O)N2CCN(C(C)C)CC2)CC1. The minimum atomic E-state index is 0.279. The third kappa shape index (κ3) is 4.70. The maximum absolute atomic E-state index is 12.6. The fraction of sp³-hybridized carbons (Fsp3) is 0.650. The molecule has 0 aromatic heterocycles. The van der Waals surface area contributed by atoms with Gasteiger partial charge in [-0.15, -0.1) is 0 Å². The number of hydrogen-bond donors (Lipinski definition) is 0. The van der Waals surface area contributed by atoms with Gasteiger partial charge in [0.15, 0.2) is 0 Å². The Hall–Kier alpha value is -1.30. The number of rotatable bonds is 4. The van der Waals surface area contributed by atoms with E-state index in [1.807, 2.05) is 17.0 Å². The van der Waals surface area contributed by atoms with Gasteiger partial charge in [-0.1, -0.05) is 17.7 Å². The van der Waals surface area contributed by atoms with E-state index in [4.69, 9.17) is 11.6 Å². The second kappa shape index (κ2) is 8.59. The molecule has 2 aliphatic rings. The smallest absolute Gasteiger partial charge is 0.236 e. The molecule has 1 aromatic rings. The highest BCUT2D eigenvalue weighted by molar-refractivity contribution is 6.30. The van der Waals surface area contributed by atoms with Crippen LogP contribution in [0.3, 0.4) is 0 Å². The Morgan fingerprint density at radius 3 is 2.31 bits per heavy atom. The number of piperazine rings is 2. The van der Waals surface area contributed by atoms with Gasteiger partial charge < -0.3 is 9.80 Å². The van der Waals surface area contributed by atoms with Crippen molar-refractivity contribution in [3.63, 3.8) is 0 Å². The van der Waals surface area contributed by atoms with Crippen molar-refractivity contribution in [3.05, 3.63) is 28.8 Å².